The van der Waals surface area contributed by atoms with Crippen LogP contribution in [0.15, 0.2) is 36.4 Å². The second kappa shape index (κ2) is 26.7. The molecular formula is C39H52N6O16. The minimum Gasteiger partial charge on any atom is -0.379 e. The van der Waals surface area contributed by atoms with Crippen LogP contribution < -0.4 is 16.0 Å². The van der Waals surface area contributed by atoms with Gasteiger partial charge in [0.05, 0.1) is 119 Å². The molecule has 61 heavy (non-hydrogen) atoms. The van der Waals surface area contributed by atoms with E-state index in [0.29, 0.717) is 92.3 Å². The molecule has 0 aromatic heterocycles. The first-order valence-electron chi connectivity index (χ1n) is 19.9. The monoisotopic (exact) mass is 860 g/mol. The van der Waals surface area contributed by atoms with Crippen molar-refractivity contribution in [3.05, 3.63) is 67.8 Å². The molecule has 22 nitrogen and oxygen atoms in total. The van der Waals surface area contributed by atoms with Crippen molar-refractivity contribution >= 4 is 52.3 Å². The van der Waals surface area contributed by atoms with Crippen molar-refractivity contribution in [1.29, 1.82) is 0 Å². The SMILES string of the molecule is O=C1CCC(N2C(=O)c3cccc(NC(=O)CCCCCOCCOCCOCCOCCOCCOCCOCCNc4ccc([N+](=O)[O-])cc4[N+](=O)[O-])c3C2=O)C(=O)N1. The maximum absolute atomic E-state index is 13.2. The van der Waals surface area contributed by atoms with Gasteiger partial charge in [-0.15, -0.1) is 0 Å². The number of piperidine rings is 1. The van der Waals surface area contributed by atoms with Crippen molar-refractivity contribution in [3.8, 4) is 0 Å². The largest absolute Gasteiger partial charge is 0.379 e. The molecule has 0 bridgehead atoms. The number of ether oxygens (including phenoxy) is 7. The van der Waals surface area contributed by atoms with Gasteiger partial charge in [-0.1, -0.05) is 12.5 Å². The lowest BCUT2D eigenvalue weighted by atomic mass is 10.0. The Hall–Kier alpha value is -5.49. The Morgan fingerprint density at radius 2 is 1.26 bits per heavy atom. The van der Waals surface area contributed by atoms with Crippen molar-refractivity contribution in [3.63, 3.8) is 0 Å². The summed E-state index contributed by atoms with van der Waals surface area (Å²) in [5.41, 5.74) is -0.231. The molecule has 3 N–H and O–H groups in total. The third-order valence-electron chi connectivity index (χ3n) is 9.12. The van der Waals surface area contributed by atoms with Crippen LogP contribution in [-0.2, 0) is 47.5 Å². The summed E-state index contributed by atoms with van der Waals surface area (Å²) < 4.78 is 38.3. The van der Waals surface area contributed by atoms with Crippen molar-refractivity contribution in [2.24, 2.45) is 0 Å². The molecule has 334 valence electrons. The van der Waals surface area contributed by atoms with Gasteiger partial charge in [-0.25, -0.2) is 0 Å². The van der Waals surface area contributed by atoms with Crippen molar-refractivity contribution in [2.45, 2.75) is 44.6 Å². The quantitative estimate of drug-likeness (QED) is 0.0413. The maximum atomic E-state index is 13.2. The molecule has 1 fully saturated rings. The Balaban J connectivity index is 0.870. The van der Waals surface area contributed by atoms with Gasteiger partial charge >= 0.3 is 0 Å². The second-order valence-electron chi connectivity index (χ2n) is 13.5. The number of carbonyl (C=O) groups is 5. The van der Waals surface area contributed by atoms with E-state index >= 15 is 0 Å². The Labute approximate surface area is 351 Å². The Kier molecular flexibility index (Phi) is 21.1. The standard InChI is InChI=1S/C39H52N6O16/c46-34(41-31-6-4-5-29-36(31)39(50)43(38(29)49)32-10-11-35(47)42-37(32)48)7-2-1-3-13-55-15-17-57-19-21-59-23-25-61-26-24-60-22-20-58-18-16-56-14-12-40-30-9-8-28(44(51)52)27-33(30)45(53)54/h4-6,8-9,27,32,40H,1-3,7,10-26H2,(H,41,46)(H,42,47,48). The van der Waals surface area contributed by atoms with Gasteiger partial charge in [0.2, 0.25) is 17.7 Å². The fraction of sp³-hybridized carbons (Fsp3) is 0.564. The highest BCUT2D eigenvalue weighted by molar-refractivity contribution is 6.26. The lowest BCUT2D eigenvalue weighted by molar-refractivity contribution is -0.393. The zero-order valence-electron chi connectivity index (χ0n) is 33.8. The molecule has 1 saturated heterocycles. The molecule has 2 aliphatic heterocycles. The number of rotatable bonds is 32. The Morgan fingerprint density at radius 1 is 0.689 bits per heavy atom. The van der Waals surface area contributed by atoms with Crippen LogP contribution in [0.25, 0.3) is 0 Å². The number of anilines is 2. The Morgan fingerprint density at radius 3 is 1.82 bits per heavy atom. The van der Waals surface area contributed by atoms with Crippen LogP contribution in [0.1, 0.15) is 59.2 Å². The lowest BCUT2D eigenvalue weighted by Crippen LogP contribution is -2.54. The number of hydrogen-bond acceptors (Lipinski definition) is 17. The second-order valence-corrected chi connectivity index (χ2v) is 13.5. The van der Waals surface area contributed by atoms with Crippen molar-refractivity contribution < 1.29 is 67.0 Å². The van der Waals surface area contributed by atoms with E-state index < -0.39 is 39.5 Å². The molecule has 1 atom stereocenters. The highest BCUT2D eigenvalue weighted by atomic mass is 16.6. The zero-order chi connectivity index (χ0) is 43.8. The number of nitrogens with zero attached hydrogens (tertiary/aromatic N) is 3. The molecule has 0 saturated carbocycles. The highest BCUT2D eigenvalue weighted by Crippen LogP contribution is 2.33. The number of fused-ring (bicyclic) bond motifs is 1. The number of unbranched alkanes of at least 4 members (excludes halogenated alkanes) is 2. The molecule has 0 spiro atoms. The number of amides is 5. The summed E-state index contributed by atoms with van der Waals surface area (Å²) in [4.78, 5) is 84.2. The normalized spacial score (nSPS) is 14.9. The first kappa shape index (κ1) is 48.2. The van der Waals surface area contributed by atoms with E-state index in [0.717, 1.165) is 23.8 Å². The number of non-ortho nitro benzene ring substituents is 1. The topological polar surface area (TPSA) is 276 Å². The number of carbonyl (C=O) groups excluding carboxylic acids is 5. The van der Waals surface area contributed by atoms with Gasteiger partial charge in [-0.2, -0.15) is 0 Å². The van der Waals surface area contributed by atoms with Crippen molar-refractivity contribution in [2.75, 3.05) is 110 Å². The third-order valence-corrected chi connectivity index (χ3v) is 9.12. The number of imide groups is 2. The fourth-order valence-corrected chi connectivity index (χ4v) is 6.11. The zero-order valence-corrected chi connectivity index (χ0v) is 33.8. The van der Waals surface area contributed by atoms with Crippen LogP contribution >= 0.6 is 0 Å². The van der Waals surface area contributed by atoms with Gasteiger partial charge in [-0.3, -0.25) is 54.4 Å². The molecule has 0 aliphatic carbocycles. The predicted octanol–water partition coefficient (Wildman–Crippen LogP) is 2.63. The van der Waals surface area contributed by atoms with Crippen LogP contribution in [0.5, 0.6) is 0 Å². The number of nitrogens with one attached hydrogen (secondary N) is 3. The first-order chi connectivity index (χ1) is 29.6. The number of hydrogen-bond donors (Lipinski definition) is 3. The molecule has 0 radical (unpaired) electrons. The number of nitro benzene ring substituents is 2. The summed E-state index contributed by atoms with van der Waals surface area (Å²) in [6.45, 7) is 5.74. The third kappa shape index (κ3) is 16.1. The van der Waals surface area contributed by atoms with Crippen LogP contribution in [0.2, 0.25) is 0 Å². The minimum absolute atomic E-state index is 0.0172. The van der Waals surface area contributed by atoms with Crippen LogP contribution in [0, 0.1) is 20.2 Å². The van der Waals surface area contributed by atoms with Gasteiger partial charge in [0, 0.05) is 32.1 Å². The fourth-order valence-electron chi connectivity index (χ4n) is 6.11. The van der Waals surface area contributed by atoms with E-state index in [1.54, 1.807) is 6.07 Å². The average Bonchev–Trinajstić information content (AvgIpc) is 3.49. The molecule has 4 rings (SSSR count). The maximum Gasteiger partial charge on any atom is 0.299 e. The van der Waals surface area contributed by atoms with Crippen LogP contribution in [0.3, 0.4) is 0 Å². The summed E-state index contributed by atoms with van der Waals surface area (Å²) >= 11 is 0. The summed E-state index contributed by atoms with van der Waals surface area (Å²) in [5, 5.41) is 29.7. The van der Waals surface area contributed by atoms with Crippen LogP contribution in [0.4, 0.5) is 22.7 Å². The van der Waals surface area contributed by atoms with Gasteiger partial charge in [0.1, 0.15) is 11.7 Å². The van der Waals surface area contributed by atoms with E-state index in [2.05, 4.69) is 16.0 Å². The summed E-state index contributed by atoms with van der Waals surface area (Å²) in [6.07, 6.45) is 2.35. The first-order valence-corrected chi connectivity index (χ1v) is 19.9. The van der Waals surface area contributed by atoms with Gasteiger partial charge in [0.15, 0.2) is 0 Å². The van der Waals surface area contributed by atoms with E-state index in [9.17, 15) is 44.2 Å². The summed E-state index contributed by atoms with van der Waals surface area (Å²) in [5.74, 6) is -2.78. The van der Waals surface area contributed by atoms with E-state index in [4.69, 9.17) is 33.2 Å². The van der Waals surface area contributed by atoms with Crippen LogP contribution in [-0.4, -0.2) is 149 Å². The lowest BCUT2D eigenvalue weighted by Gasteiger charge is -2.27. The van der Waals surface area contributed by atoms with E-state index in [-0.39, 0.29) is 72.2 Å². The van der Waals surface area contributed by atoms with Crippen molar-refractivity contribution in [1.82, 2.24) is 10.2 Å². The molecule has 2 aliphatic rings. The summed E-state index contributed by atoms with van der Waals surface area (Å²) in [7, 11) is 0. The number of benzene rings is 2. The molecule has 1 unspecified atom stereocenters. The highest BCUT2D eigenvalue weighted by Gasteiger charge is 2.45. The van der Waals surface area contributed by atoms with E-state index in [1.165, 1.54) is 24.3 Å². The van der Waals surface area contributed by atoms with E-state index in [1.807, 2.05) is 0 Å². The molecule has 2 heterocycles. The average molecular weight is 861 g/mol. The summed E-state index contributed by atoms with van der Waals surface area (Å²) in [6, 6.07) is 6.87. The minimum atomic E-state index is -1.09. The predicted molar refractivity (Wildman–Crippen MR) is 214 cm³/mol. The molecular weight excluding hydrogens is 808 g/mol. The van der Waals surface area contributed by atoms with Gasteiger partial charge in [0.25, 0.3) is 23.2 Å². The molecule has 5 amide bonds. The molecule has 2 aromatic rings. The molecule has 22 heteroatoms. The van der Waals surface area contributed by atoms with Gasteiger partial charge in [-0.05, 0) is 37.5 Å². The van der Waals surface area contributed by atoms with Gasteiger partial charge < -0.3 is 43.8 Å². The molecule has 2 aromatic carbocycles. The number of nitro groups is 2. The smallest absolute Gasteiger partial charge is 0.299 e. The Bertz CT molecular complexity index is 1810.